The summed E-state index contributed by atoms with van der Waals surface area (Å²) in [6, 6.07) is 7.84. The van der Waals surface area contributed by atoms with Gasteiger partial charge in [-0.2, -0.15) is 5.10 Å². The van der Waals surface area contributed by atoms with Crippen molar-refractivity contribution in [2.45, 2.75) is 12.1 Å². The van der Waals surface area contributed by atoms with Gasteiger partial charge in [0.25, 0.3) is 5.91 Å². The Morgan fingerprint density at radius 3 is 3.10 bits per heavy atom. The molecule has 104 valence electrons. The Hall–Kier alpha value is -2.22. The van der Waals surface area contributed by atoms with Crippen LogP contribution >= 0.6 is 11.8 Å². The van der Waals surface area contributed by atoms with Crippen molar-refractivity contribution in [2.75, 3.05) is 5.75 Å². The number of aromatic nitrogens is 4. The summed E-state index contributed by atoms with van der Waals surface area (Å²) in [7, 11) is 1.72. The first-order valence-electron chi connectivity index (χ1n) is 5.89. The van der Waals surface area contributed by atoms with Gasteiger partial charge >= 0.3 is 0 Å². The molecule has 1 N–H and O–H groups in total. The highest BCUT2D eigenvalue weighted by atomic mass is 32.2. The number of aryl methyl sites for hydroxylation is 2. The van der Waals surface area contributed by atoms with Gasteiger partial charge in [0, 0.05) is 7.05 Å². The van der Waals surface area contributed by atoms with Crippen LogP contribution in [0.5, 0.6) is 0 Å². The summed E-state index contributed by atoms with van der Waals surface area (Å²) in [5, 5.41) is 15.4. The Labute approximate surface area is 120 Å². The number of tetrazole rings is 1. The SMILES string of the molecule is Cc1cccc(/C=N/NC(=O)CSc2nnnn2C)c1. The number of nitrogens with zero attached hydrogens (tertiary/aromatic N) is 5. The van der Waals surface area contributed by atoms with Gasteiger partial charge in [0.05, 0.1) is 12.0 Å². The van der Waals surface area contributed by atoms with Gasteiger partial charge in [-0.1, -0.05) is 41.6 Å². The molecule has 2 rings (SSSR count). The number of thioether (sulfide) groups is 1. The molecule has 0 radical (unpaired) electrons. The molecule has 0 bridgehead atoms. The van der Waals surface area contributed by atoms with Crippen LogP contribution in [-0.4, -0.2) is 38.1 Å². The van der Waals surface area contributed by atoms with Crippen LogP contribution in [0.1, 0.15) is 11.1 Å². The minimum absolute atomic E-state index is 0.207. The first-order chi connectivity index (χ1) is 9.65. The summed E-state index contributed by atoms with van der Waals surface area (Å²) in [5.41, 5.74) is 4.55. The molecule has 8 heteroatoms. The van der Waals surface area contributed by atoms with E-state index < -0.39 is 0 Å². The summed E-state index contributed by atoms with van der Waals surface area (Å²) < 4.78 is 1.51. The number of hydrogen-bond acceptors (Lipinski definition) is 6. The minimum Gasteiger partial charge on any atom is -0.272 e. The Morgan fingerprint density at radius 2 is 2.40 bits per heavy atom. The molecule has 0 spiro atoms. The highest BCUT2D eigenvalue weighted by molar-refractivity contribution is 7.99. The lowest BCUT2D eigenvalue weighted by atomic mass is 10.2. The van der Waals surface area contributed by atoms with Crippen molar-refractivity contribution in [3.05, 3.63) is 35.4 Å². The second kappa shape index (κ2) is 6.80. The van der Waals surface area contributed by atoms with Crippen molar-refractivity contribution in [3.63, 3.8) is 0 Å². The lowest BCUT2D eigenvalue weighted by Gasteiger charge is -1.99. The van der Waals surface area contributed by atoms with Gasteiger partial charge in [0.2, 0.25) is 5.16 Å². The molecule has 20 heavy (non-hydrogen) atoms. The van der Waals surface area contributed by atoms with Gasteiger partial charge in [-0.25, -0.2) is 10.1 Å². The minimum atomic E-state index is -0.207. The summed E-state index contributed by atoms with van der Waals surface area (Å²) in [4.78, 5) is 11.6. The van der Waals surface area contributed by atoms with Crippen LogP contribution in [0, 0.1) is 6.92 Å². The smallest absolute Gasteiger partial charge is 0.250 e. The van der Waals surface area contributed by atoms with Crippen LogP contribution in [0.3, 0.4) is 0 Å². The van der Waals surface area contributed by atoms with Gasteiger partial charge in [0.1, 0.15) is 0 Å². The van der Waals surface area contributed by atoms with Gasteiger partial charge in [0.15, 0.2) is 0 Å². The number of benzene rings is 1. The molecule has 0 fully saturated rings. The van der Waals surface area contributed by atoms with Crippen molar-refractivity contribution >= 4 is 23.9 Å². The van der Waals surface area contributed by atoms with Crippen molar-refractivity contribution in [1.29, 1.82) is 0 Å². The van der Waals surface area contributed by atoms with Crippen LogP contribution in [0.4, 0.5) is 0 Å². The van der Waals surface area contributed by atoms with Crippen molar-refractivity contribution in [3.8, 4) is 0 Å². The second-order valence-corrected chi connectivity index (χ2v) is 5.02. The average molecular weight is 290 g/mol. The molecule has 0 saturated carbocycles. The normalized spacial score (nSPS) is 10.9. The van der Waals surface area contributed by atoms with Gasteiger partial charge < -0.3 is 0 Å². The number of carbonyl (C=O) groups excluding carboxylic acids is 1. The highest BCUT2D eigenvalue weighted by Gasteiger charge is 2.06. The molecule has 0 atom stereocenters. The topological polar surface area (TPSA) is 85.1 Å². The fourth-order valence-corrected chi connectivity index (χ4v) is 2.08. The third-order valence-electron chi connectivity index (χ3n) is 2.36. The number of nitrogens with one attached hydrogen (secondary N) is 1. The zero-order valence-electron chi connectivity index (χ0n) is 11.1. The van der Waals surface area contributed by atoms with Crippen LogP contribution < -0.4 is 5.43 Å². The summed E-state index contributed by atoms with van der Waals surface area (Å²) in [6.07, 6.45) is 1.61. The van der Waals surface area contributed by atoms with Gasteiger partial charge in [-0.3, -0.25) is 4.79 Å². The first kappa shape index (κ1) is 14.2. The van der Waals surface area contributed by atoms with E-state index in [-0.39, 0.29) is 11.7 Å². The van der Waals surface area contributed by atoms with Crippen LogP contribution in [0.2, 0.25) is 0 Å². The zero-order valence-corrected chi connectivity index (χ0v) is 12.0. The fraction of sp³-hybridized carbons (Fsp3) is 0.250. The van der Waals surface area contributed by atoms with Crippen molar-refractivity contribution < 1.29 is 4.79 Å². The maximum atomic E-state index is 11.6. The van der Waals surface area contributed by atoms with E-state index >= 15 is 0 Å². The standard InChI is InChI=1S/C12H14N6OS/c1-9-4-3-5-10(6-9)7-13-14-11(19)8-20-12-15-16-17-18(12)2/h3-7H,8H2,1-2H3,(H,14,19)/b13-7+. The van der Waals surface area contributed by atoms with E-state index in [1.165, 1.54) is 16.4 Å². The molecule has 0 unspecified atom stereocenters. The van der Waals surface area contributed by atoms with E-state index in [0.717, 1.165) is 11.1 Å². The average Bonchev–Trinajstić information content (AvgIpc) is 2.82. The Morgan fingerprint density at radius 1 is 1.55 bits per heavy atom. The predicted octanol–water partition coefficient (Wildman–Crippen LogP) is 0.761. The molecule has 1 aromatic heterocycles. The van der Waals surface area contributed by atoms with E-state index in [9.17, 15) is 4.79 Å². The maximum Gasteiger partial charge on any atom is 0.250 e. The third kappa shape index (κ3) is 4.16. The molecule has 0 aliphatic heterocycles. The Bertz CT molecular complexity index is 624. The van der Waals surface area contributed by atoms with Crippen molar-refractivity contribution in [1.82, 2.24) is 25.6 Å². The maximum absolute atomic E-state index is 11.6. The monoisotopic (exact) mass is 290 g/mol. The van der Waals surface area contributed by atoms with Crippen molar-refractivity contribution in [2.24, 2.45) is 12.1 Å². The predicted molar refractivity (Wildman–Crippen MR) is 76.4 cm³/mol. The van der Waals surface area contributed by atoms with Crippen LogP contribution in [0.15, 0.2) is 34.5 Å². The number of hydrazone groups is 1. The molecule has 1 aromatic carbocycles. The quantitative estimate of drug-likeness (QED) is 0.499. The lowest BCUT2D eigenvalue weighted by molar-refractivity contribution is -0.118. The first-order valence-corrected chi connectivity index (χ1v) is 6.87. The van der Waals surface area contributed by atoms with Crippen LogP contribution in [-0.2, 0) is 11.8 Å². The number of carbonyl (C=O) groups is 1. The molecule has 0 aliphatic carbocycles. The van der Waals surface area contributed by atoms with E-state index in [1.54, 1.807) is 13.3 Å². The summed E-state index contributed by atoms with van der Waals surface area (Å²) in [6.45, 7) is 2.00. The molecule has 0 saturated heterocycles. The molecule has 2 aromatic rings. The van der Waals surface area contributed by atoms with E-state index in [4.69, 9.17) is 0 Å². The lowest BCUT2D eigenvalue weighted by Crippen LogP contribution is -2.19. The number of hydrogen-bond donors (Lipinski definition) is 1. The van der Waals surface area contributed by atoms with E-state index in [0.29, 0.717) is 5.16 Å². The van der Waals surface area contributed by atoms with E-state index in [2.05, 4.69) is 26.1 Å². The molecular weight excluding hydrogens is 276 g/mol. The van der Waals surface area contributed by atoms with Gasteiger partial charge in [-0.05, 0) is 22.9 Å². The fourth-order valence-electron chi connectivity index (χ4n) is 1.44. The van der Waals surface area contributed by atoms with E-state index in [1.807, 2.05) is 31.2 Å². The second-order valence-electron chi connectivity index (χ2n) is 4.08. The van der Waals surface area contributed by atoms with Crippen LogP contribution in [0.25, 0.3) is 0 Å². The zero-order chi connectivity index (χ0) is 14.4. The van der Waals surface area contributed by atoms with Gasteiger partial charge in [-0.15, -0.1) is 5.10 Å². The highest BCUT2D eigenvalue weighted by Crippen LogP contribution is 2.11. The number of rotatable bonds is 5. The largest absolute Gasteiger partial charge is 0.272 e. The molecule has 1 amide bonds. The summed E-state index contributed by atoms with van der Waals surface area (Å²) in [5.74, 6) is 0.00114. The number of amides is 1. The molecular formula is C12H14N6OS. The Kier molecular flexibility index (Phi) is 4.83. The Balaban J connectivity index is 1.79. The molecule has 1 heterocycles. The summed E-state index contributed by atoms with van der Waals surface area (Å²) >= 11 is 1.25. The third-order valence-corrected chi connectivity index (χ3v) is 3.37. The molecule has 0 aliphatic rings. The molecule has 7 nitrogen and oxygen atoms in total.